The maximum atomic E-state index is 11.8. The molecule has 1 aliphatic heterocycles. The van der Waals surface area contributed by atoms with Gasteiger partial charge in [-0.15, -0.1) is 0 Å². The van der Waals surface area contributed by atoms with E-state index in [1.165, 1.54) is 7.11 Å². The largest absolute Gasteiger partial charge is 0.465 e. The highest BCUT2D eigenvalue weighted by molar-refractivity contribution is 5.90. The SMILES string of the molecule is COC(=O)c1ccccc1CN1CCN[C@H](C(C)C)C1. The molecule has 0 unspecified atom stereocenters. The standard InChI is InChI=1S/C16H24N2O2/c1-12(2)15-11-18(9-8-17-15)10-13-6-4-5-7-14(13)16(19)20-3/h4-7,12,15,17H,8-11H2,1-3H3/t15-/m0/s1. The number of benzene rings is 1. The Balaban J connectivity index is 2.08. The Hall–Kier alpha value is -1.39. The normalized spacial score (nSPS) is 20.1. The van der Waals surface area contributed by atoms with Gasteiger partial charge in [-0.2, -0.15) is 0 Å². The molecule has 0 aromatic heterocycles. The lowest BCUT2D eigenvalue weighted by molar-refractivity contribution is 0.0597. The van der Waals surface area contributed by atoms with E-state index in [0.717, 1.165) is 31.7 Å². The van der Waals surface area contributed by atoms with Gasteiger partial charge in [0.2, 0.25) is 0 Å². The van der Waals surface area contributed by atoms with Gasteiger partial charge in [-0.3, -0.25) is 4.90 Å². The Bertz CT molecular complexity index is 460. The zero-order chi connectivity index (χ0) is 14.5. The number of nitrogens with one attached hydrogen (secondary N) is 1. The van der Waals surface area contributed by atoms with Crippen LogP contribution in [0.25, 0.3) is 0 Å². The number of ether oxygens (including phenoxy) is 1. The quantitative estimate of drug-likeness (QED) is 0.853. The van der Waals surface area contributed by atoms with Crippen molar-refractivity contribution in [3.8, 4) is 0 Å². The lowest BCUT2D eigenvalue weighted by Crippen LogP contribution is -2.52. The molecule has 1 saturated heterocycles. The van der Waals surface area contributed by atoms with Crippen LogP contribution in [0.15, 0.2) is 24.3 Å². The maximum Gasteiger partial charge on any atom is 0.338 e. The van der Waals surface area contributed by atoms with Gasteiger partial charge in [-0.05, 0) is 17.5 Å². The first-order valence-electron chi connectivity index (χ1n) is 7.23. The maximum absolute atomic E-state index is 11.8. The molecule has 0 amide bonds. The third-order valence-corrected chi connectivity index (χ3v) is 3.91. The Labute approximate surface area is 121 Å². The molecule has 110 valence electrons. The average molecular weight is 276 g/mol. The monoisotopic (exact) mass is 276 g/mol. The number of esters is 1. The van der Waals surface area contributed by atoms with Crippen LogP contribution in [0.5, 0.6) is 0 Å². The van der Waals surface area contributed by atoms with Crippen molar-refractivity contribution >= 4 is 5.97 Å². The number of carbonyl (C=O) groups excluding carboxylic acids is 1. The molecule has 1 N–H and O–H groups in total. The molecule has 0 bridgehead atoms. The second-order valence-corrected chi connectivity index (χ2v) is 5.69. The Morgan fingerprint density at radius 3 is 2.90 bits per heavy atom. The smallest absolute Gasteiger partial charge is 0.338 e. The third kappa shape index (κ3) is 3.58. The second-order valence-electron chi connectivity index (χ2n) is 5.69. The van der Waals surface area contributed by atoms with Gasteiger partial charge < -0.3 is 10.1 Å². The van der Waals surface area contributed by atoms with Crippen molar-refractivity contribution in [1.29, 1.82) is 0 Å². The Morgan fingerprint density at radius 2 is 2.20 bits per heavy atom. The van der Waals surface area contributed by atoms with Crippen LogP contribution in [-0.2, 0) is 11.3 Å². The van der Waals surface area contributed by atoms with E-state index in [1.807, 2.05) is 24.3 Å². The predicted octanol–water partition coefficient (Wildman–Crippen LogP) is 1.90. The third-order valence-electron chi connectivity index (χ3n) is 3.91. The van der Waals surface area contributed by atoms with E-state index in [1.54, 1.807) is 0 Å². The van der Waals surface area contributed by atoms with Gasteiger partial charge in [-0.1, -0.05) is 32.0 Å². The lowest BCUT2D eigenvalue weighted by atomic mass is 10.0. The fourth-order valence-corrected chi connectivity index (χ4v) is 2.64. The van der Waals surface area contributed by atoms with Crippen LogP contribution >= 0.6 is 0 Å². The predicted molar refractivity (Wildman–Crippen MR) is 79.7 cm³/mol. The van der Waals surface area contributed by atoms with E-state index in [4.69, 9.17) is 4.74 Å². The van der Waals surface area contributed by atoms with Crippen molar-refractivity contribution in [2.24, 2.45) is 5.92 Å². The van der Waals surface area contributed by atoms with Gasteiger partial charge in [0, 0.05) is 32.2 Å². The molecule has 1 atom stereocenters. The number of methoxy groups -OCH3 is 1. The van der Waals surface area contributed by atoms with Crippen LogP contribution in [0, 0.1) is 5.92 Å². The lowest BCUT2D eigenvalue weighted by Gasteiger charge is -2.36. The number of nitrogens with zero attached hydrogens (tertiary/aromatic N) is 1. The van der Waals surface area contributed by atoms with Gasteiger partial charge in [0.25, 0.3) is 0 Å². The summed E-state index contributed by atoms with van der Waals surface area (Å²) in [7, 11) is 1.43. The summed E-state index contributed by atoms with van der Waals surface area (Å²) in [6.45, 7) is 8.32. The molecule has 0 radical (unpaired) electrons. The summed E-state index contributed by atoms with van der Waals surface area (Å²) in [5.41, 5.74) is 1.72. The fraction of sp³-hybridized carbons (Fsp3) is 0.562. The van der Waals surface area contributed by atoms with Crippen LogP contribution in [0.4, 0.5) is 0 Å². The van der Waals surface area contributed by atoms with Crippen LogP contribution in [0.2, 0.25) is 0 Å². The summed E-state index contributed by atoms with van der Waals surface area (Å²) in [5, 5.41) is 3.55. The zero-order valence-corrected chi connectivity index (χ0v) is 12.6. The molecule has 0 spiro atoms. The summed E-state index contributed by atoms with van der Waals surface area (Å²) in [6, 6.07) is 8.23. The molecule has 4 nitrogen and oxygen atoms in total. The van der Waals surface area contributed by atoms with Gasteiger partial charge >= 0.3 is 5.97 Å². The van der Waals surface area contributed by atoms with Crippen LogP contribution in [0.3, 0.4) is 0 Å². The summed E-state index contributed by atoms with van der Waals surface area (Å²) in [6.07, 6.45) is 0. The van der Waals surface area contributed by atoms with Crippen LogP contribution in [0.1, 0.15) is 29.8 Å². The summed E-state index contributed by atoms with van der Waals surface area (Å²) < 4.78 is 4.86. The van der Waals surface area contributed by atoms with E-state index in [2.05, 4.69) is 24.1 Å². The minimum atomic E-state index is -0.254. The van der Waals surface area contributed by atoms with Crippen molar-refractivity contribution in [2.75, 3.05) is 26.7 Å². The molecule has 1 heterocycles. The van der Waals surface area contributed by atoms with Gasteiger partial charge in [-0.25, -0.2) is 4.79 Å². The van der Waals surface area contributed by atoms with Crippen LogP contribution in [-0.4, -0.2) is 43.7 Å². The number of carbonyl (C=O) groups is 1. The first-order chi connectivity index (χ1) is 9.61. The molecule has 1 aromatic rings. The highest BCUT2D eigenvalue weighted by Crippen LogP contribution is 2.16. The molecular formula is C16H24N2O2. The van der Waals surface area contributed by atoms with E-state index >= 15 is 0 Å². The molecule has 1 aromatic carbocycles. The average Bonchev–Trinajstić information content (AvgIpc) is 2.47. The number of rotatable bonds is 4. The zero-order valence-electron chi connectivity index (χ0n) is 12.6. The van der Waals surface area contributed by atoms with Gasteiger partial charge in [0.1, 0.15) is 0 Å². The number of hydrogen-bond donors (Lipinski definition) is 1. The van der Waals surface area contributed by atoms with E-state index < -0.39 is 0 Å². The van der Waals surface area contributed by atoms with Crippen molar-refractivity contribution < 1.29 is 9.53 Å². The molecule has 0 saturated carbocycles. The minimum absolute atomic E-state index is 0.254. The molecular weight excluding hydrogens is 252 g/mol. The summed E-state index contributed by atoms with van der Waals surface area (Å²) in [4.78, 5) is 14.2. The molecule has 20 heavy (non-hydrogen) atoms. The Morgan fingerprint density at radius 1 is 1.45 bits per heavy atom. The molecule has 1 fully saturated rings. The number of hydrogen-bond acceptors (Lipinski definition) is 4. The second kappa shape index (κ2) is 6.86. The summed E-state index contributed by atoms with van der Waals surface area (Å²) >= 11 is 0. The molecule has 0 aliphatic carbocycles. The Kier molecular flexibility index (Phi) is 5.15. The number of piperazine rings is 1. The van der Waals surface area contributed by atoms with Crippen LogP contribution < -0.4 is 5.32 Å². The van der Waals surface area contributed by atoms with Crippen molar-refractivity contribution in [1.82, 2.24) is 10.2 Å². The highest BCUT2D eigenvalue weighted by Gasteiger charge is 2.23. The highest BCUT2D eigenvalue weighted by atomic mass is 16.5. The van der Waals surface area contributed by atoms with Crippen molar-refractivity contribution in [3.63, 3.8) is 0 Å². The van der Waals surface area contributed by atoms with Gasteiger partial charge in [0.05, 0.1) is 12.7 Å². The first-order valence-corrected chi connectivity index (χ1v) is 7.23. The topological polar surface area (TPSA) is 41.6 Å². The minimum Gasteiger partial charge on any atom is -0.465 e. The summed E-state index contributed by atoms with van der Waals surface area (Å²) in [5.74, 6) is 0.366. The molecule has 4 heteroatoms. The molecule has 2 rings (SSSR count). The van der Waals surface area contributed by atoms with E-state index in [0.29, 0.717) is 17.5 Å². The molecule has 1 aliphatic rings. The first kappa shape index (κ1) is 15.0. The van der Waals surface area contributed by atoms with Gasteiger partial charge in [0.15, 0.2) is 0 Å². The van der Waals surface area contributed by atoms with Crippen molar-refractivity contribution in [2.45, 2.75) is 26.4 Å². The fourth-order valence-electron chi connectivity index (χ4n) is 2.64. The van der Waals surface area contributed by atoms with E-state index in [9.17, 15) is 4.79 Å². The van der Waals surface area contributed by atoms with Crippen molar-refractivity contribution in [3.05, 3.63) is 35.4 Å². The van der Waals surface area contributed by atoms with E-state index in [-0.39, 0.29) is 5.97 Å².